The monoisotopic (exact) mass is 298 g/mol. The molecular weight excluding hydrogens is 280 g/mol. The van der Waals surface area contributed by atoms with Crippen LogP contribution in [0.25, 0.3) is 11.0 Å². The highest BCUT2D eigenvalue weighted by molar-refractivity contribution is 6.30. The van der Waals surface area contributed by atoms with Gasteiger partial charge in [-0.1, -0.05) is 23.7 Å². The van der Waals surface area contributed by atoms with Gasteiger partial charge in [0.1, 0.15) is 0 Å². The molecule has 4 aliphatic rings. The molecule has 21 heavy (non-hydrogen) atoms. The highest BCUT2D eigenvalue weighted by Crippen LogP contribution is 2.61. The average molecular weight is 299 g/mol. The molecule has 0 amide bonds. The summed E-state index contributed by atoms with van der Waals surface area (Å²) in [5.74, 6) is 2.71. The van der Waals surface area contributed by atoms with Crippen LogP contribution in [0, 0.1) is 17.8 Å². The maximum absolute atomic E-state index is 6.57. The fraction of sp³-hybridized carbons (Fsp3) is 0.556. The van der Waals surface area contributed by atoms with Gasteiger partial charge >= 0.3 is 0 Å². The van der Waals surface area contributed by atoms with Gasteiger partial charge in [-0.3, -0.25) is 0 Å². The lowest BCUT2D eigenvalue weighted by Crippen LogP contribution is -2.49. The molecule has 1 aromatic heterocycles. The van der Waals surface area contributed by atoms with Gasteiger partial charge in [0.2, 0.25) is 0 Å². The summed E-state index contributed by atoms with van der Waals surface area (Å²) in [7, 11) is 0. The van der Waals surface area contributed by atoms with E-state index in [9.17, 15) is 0 Å². The lowest BCUT2D eigenvalue weighted by Gasteiger charge is -2.56. The number of rotatable bonds is 1. The summed E-state index contributed by atoms with van der Waals surface area (Å²) in [5, 5.41) is 0.649. The summed E-state index contributed by atoms with van der Waals surface area (Å²) >= 11 is 6.57. The fourth-order valence-corrected chi connectivity index (χ4v) is 6.05. The van der Waals surface area contributed by atoms with Crippen molar-refractivity contribution in [1.29, 1.82) is 0 Å². The van der Waals surface area contributed by atoms with Gasteiger partial charge in [0.15, 0.2) is 5.15 Å². The van der Waals surface area contributed by atoms with Gasteiger partial charge in [0.05, 0.1) is 16.7 Å². The number of halogens is 1. The molecule has 4 saturated carbocycles. The summed E-state index contributed by atoms with van der Waals surface area (Å²) in [6.45, 7) is 0. The number of hydrogen-bond acceptors (Lipinski definition) is 2. The van der Waals surface area contributed by atoms with Crippen molar-refractivity contribution < 1.29 is 0 Å². The van der Waals surface area contributed by atoms with Gasteiger partial charge in [0, 0.05) is 5.41 Å². The summed E-state index contributed by atoms with van der Waals surface area (Å²) in [5.41, 5.74) is 3.23. The highest BCUT2D eigenvalue weighted by atomic mass is 35.5. The van der Waals surface area contributed by atoms with E-state index in [1.807, 2.05) is 18.2 Å². The lowest BCUT2D eigenvalue weighted by atomic mass is 9.49. The lowest BCUT2D eigenvalue weighted by molar-refractivity contribution is -0.00715. The molecule has 0 aliphatic heterocycles. The van der Waals surface area contributed by atoms with E-state index in [0.29, 0.717) is 5.15 Å². The molecule has 108 valence electrons. The quantitative estimate of drug-likeness (QED) is 0.759. The first-order valence-electron chi connectivity index (χ1n) is 8.15. The molecule has 0 spiro atoms. The van der Waals surface area contributed by atoms with E-state index in [4.69, 9.17) is 16.6 Å². The topological polar surface area (TPSA) is 25.8 Å². The van der Waals surface area contributed by atoms with Crippen LogP contribution in [0.3, 0.4) is 0 Å². The zero-order valence-electron chi connectivity index (χ0n) is 12.1. The van der Waals surface area contributed by atoms with Gasteiger partial charge in [-0.15, -0.1) is 0 Å². The number of aromatic nitrogens is 2. The Labute approximate surface area is 129 Å². The second kappa shape index (κ2) is 4.19. The van der Waals surface area contributed by atoms with E-state index < -0.39 is 0 Å². The van der Waals surface area contributed by atoms with Crippen LogP contribution in [-0.2, 0) is 5.41 Å². The van der Waals surface area contributed by atoms with Crippen molar-refractivity contribution >= 4 is 22.6 Å². The van der Waals surface area contributed by atoms with Crippen molar-refractivity contribution in [3.8, 4) is 0 Å². The Morgan fingerprint density at radius 2 is 1.38 bits per heavy atom. The SMILES string of the molecule is Clc1nc2ccccc2nc1C12CC3CC(CC(C3)C1)C2. The molecule has 0 atom stereocenters. The molecule has 0 N–H and O–H groups in total. The Hall–Kier alpha value is -1.15. The third-order valence-electron chi connectivity index (χ3n) is 6.07. The van der Waals surface area contributed by atoms with Crippen LogP contribution in [0.4, 0.5) is 0 Å². The molecule has 1 heterocycles. The largest absolute Gasteiger partial charge is 0.247 e. The maximum Gasteiger partial charge on any atom is 0.151 e. The second-order valence-electron chi connectivity index (χ2n) is 7.55. The van der Waals surface area contributed by atoms with E-state index in [0.717, 1.165) is 34.5 Å². The Balaban J connectivity index is 1.68. The first kappa shape index (κ1) is 12.4. The first-order chi connectivity index (χ1) is 10.2. The number of fused-ring (bicyclic) bond motifs is 1. The molecule has 0 radical (unpaired) electrons. The van der Waals surface area contributed by atoms with Gasteiger partial charge in [-0.2, -0.15) is 0 Å². The molecule has 3 heteroatoms. The van der Waals surface area contributed by atoms with Crippen molar-refractivity contribution in [3.05, 3.63) is 35.1 Å². The van der Waals surface area contributed by atoms with E-state index in [-0.39, 0.29) is 5.41 Å². The predicted molar refractivity (Wildman–Crippen MR) is 84.4 cm³/mol. The van der Waals surface area contributed by atoms with Crippen LogP contribution in [0.15, 0.2) is 24.3 Å². The number of para-hydroxylation sites is 2. The van der Waals surface area contributed by atoms with E-state index >= 15 is 0 Å². The van der Waals surface area contributed by atoms with Crippen LogP contribution in [0.5, 0.6) is 0 Å². The summed E-state index contributed by atoms with van der Waals surface area (Å²) in [6, 6.07) is 8.09. The minimum atomic E-state index is 0.225. The normalized spacial score (nSPS) is 37.3. The third-order valence-corrected chi connectivity index (χ3v) is 6.33. The summed E-state index contributed by atoms with van der Waals surface area (Å²) < 4.78 is 0. The average Bonchev–Trinajstić information content (AvgIpc) is 2.45. The van der Waals surface area contributed by atoms with Crippen molar-refractivity contribution in [2.24, 2.45) is 17.8 Å². The van der Waals surface area contributed by atoms with E-state index in [2.05, 4.69) is 11.1 Å². The Kier molecular flexibility index (Phi) is 2.48. The number of nitrogens with zero attached hydrogens (tertiary/aromatic N) is 2. The van der Waals surface area contributed by atoms with Crippen LogP contribution in [0.2, 0.25) is 5.15 Å². The minimum Gasteiger partial charge on any atom is -0.247 e. The van der Waals surface area contributed by atoms with Gasteiger partial charge in [-0.25, -0.2) is 9.97 Å². The van der Waals surface area contributed by atoms with E-state index in [1.165, 1.54) is 38.5 Å². The zero-order chi connectivity index (χ0) is 14.0. The summed E-state index contributed by atoms with van der Waals surface area (Å²) in [4.78, 5) is 9.61. The van der Waals surface area contributed by atoms with Crippen molar-refractivity contribution in [2.45, 2.75) is 43.9 Å². The highest BCUT2D eigenvalue weighted by Gasteiger charge is 2.53. The smallest absolute Gasteiger partial charge is 0.151 e. The molecule has 0 saturated heterocycles. The second-order valence-corrected chi connectivity index (χ2v) is 7.91. The van der Waals surface area contributed by atoms with Crippen molar-refractivity contribution in [3.63, 3.8) is 0 Å². The van der Waals surface area contributed by atoms with Crippen LogP contribution >= 0.6 is 11.6 Å². The van der Waals surface area contributed by atoms with Gasteiger partial charge in [0.25, 0.3) is 0 Å². The fourth-order valence-electron chi connectivity index (χ4n) is 5.72. The Bertz CT molecular complexity index is 689. The number of hydrogen-bond donors (Lipinski definition) is 0. The standard InChI is InChI=1S/C18H19ClN2/c19-17-16(20-14-3-1-2-4-15(14)21-17)18-8-11-5-12(9-18)7-13(6-11)10-18/h1-4,11-13H,5-10H2. The molecule has 2 aromatic rings. The van der Waals surface area contributed by atoms with E-state index in [1.54, 1.807) is 0 Å². The maximum atomic E-state index is 6.57. The Morgan fingerprint density at radius 3 is 1.95 bits per heavy atom. The van der Waals surface area contributed by atoms with Crippen LogP contribution in [0.1, 0.15) is 44.2 Å². The molecule has 4 bridgehead atoms. The molecule has 2 nitrogen and oxygen atoms in total. The Morgan fingerprint density at radius 1 is 0.857 bits per heavy atom. The van der Waals surface area contributed by atoms with Crippen LogP contribution in [-0.4, -0.2) is 9.97 Å². The first-order valence-corrected chi connectivity index (χ1v) is 8.52. The summed E-state index contributed by atoms with van der Waals surface area (Å²) in [6.07, 6.45) is 8.18. The molecule has 4 fully saturated rings. The van der Waals surface area contributed by atoms with Gasteiger partial charge < -0.3 is 0 Å². The molecule has 6 rings (SSSR count). The van der Waals surface area contributed by atoms with Gasteiger partial charge in [-0.05, 0) is 68.4 Å². The third kappa shape index (κ3) is 1.78. The zero-order valence-corrected chi connectivity index (χ0v) is 12.8. The predicted octanol–water partition coefficient (Wildman–Crippen LogP) is 4.75. The van der Waals surface area contributed by atoms with Crippen LogP contribution < -0.4 is 0 Å². The molecule has 1 aromatic carbocycles. The molecule has 0 unspecified atom stereocenters. The minimum absolute atomic E-state index is 0.225. The molecular formula is C18H19ClN2. The van der Waals surface area contributed by atoms with Crippen molar-refractivity contribution in [1.82, 2.24) is 9.97 Å². The molecule has 4 aliphatic carbocycles. The van der Waals surface area contributed by atoms with Crippen molar-refractivity contribution in [2.75, 3.05) is 0 Å². The number of benzene rings is 1.